The van der Waals surface area contributed by atoms with Gasteiger partial charge in [0, 0.05) is 10.6 Å². The first-order valence-corrected chi connectivity index (χ1v) is 6.20. The Hall–Kier alpha value is -2.20. The van der Waals surface area contributed by atoms with Crippen molar-refractivity contribution in [3.05, 3.63) is 47.0 Å². The van der Waals surface area contributed by atoms with Gasteiger partial charge in [-0.3, -0.25) is 0 Å². The highest BCUT2D eigenvalue weighted by molar-refractivity contribution is 6.30. The van der Waals surface area contributed by atoms with Crippen LogP contribution in [0.4, 0.5) is 0 Å². The molecule has 2 rings (SSSR count). The van der Waals surface area contributed by atoms with Crippen LogP contribution in [-0.2, 0) is 0 Å². The van der Waals surface area contributed by atoms with E-state index in [2.05, 4.69) is 0 Å². The zero-order valence-electron chi connectivity index (χ0n) is 11.0. The predicted octanol–water partition coefficient (Wildman–Crippen LogP) is 3.72. The van der Waals surface area contributed by atoms with Crippen molar-refractivity contribution in [3.63, 3.8) is 0 Å². The normalized spacial score (nSPS) is 10.2. The first kappa shape index (κ1) is 14.2. The summed E-state index contributed by atoms with van der Waals surface area (Å²) in [5.41, 5.74) is 1.72. The fraction of sp³-hybridized carbons (Fsp3) is 0.133. The van der Waals surface area contributed by atoms with Gasteiger partial charge in [-0.2, -0.15) is 0 Å². The maximum atomic E-state index is 11.1. The van der Waals surface area contributed by atoms with E-state index >= 15 is 0 Å². The van der Waals surface area contributed by atoms with Crippen molar-refractivity contribution in [1.82, 2.24) is 0 Å². The number of ether oxygens (including phenoxy) is 2. The first-order chi connectivity index (χ1) is 9.56. The molecule has 4 nitrogen and oxygen atoms in total. The van der Waals surface area contributed by atoms with Crippen LogP contribution in [0.1, 0.15) is 10.4 Å². The molecule has 0 aliphatic rings. The molecular weight excluding hydrogens is 280 g/mol. The second-order valence-corrected chi connectivity index (χ2v) is 4.50. The summed E-state index contributed by atoms with van der Waals surface area (Å²) in [6.07, 6.45) is 0. The molecule has 0 aromatic heterocycles. The first-order valence-electron chi connectivity index (χ1n) is 5.82. The lowest BCUT2D eigenvalue weighted by Gasteiger charge is -2.11. The minimum atomic E-state index is -1.03. The van der Waals surface area contributed by atoms with Crippen LogP contribution in [0.25, 0.3) is 11.1 Å². The zero-order valence-corrected chi connectivity index (χ0v) is 11.8. The summed E-state index contributed by atoms with van der Waals surface area (Å²) in [5.74, 6) is -0.119. The summed E-state index contributed by atoms with van der Waals surface area (Å²) in [7, 11) is 2.99. The highest BCUT2D eigenvalue weighted by Gasteiger charge is 2.14. The van der Waals surface area contributed by atoms with Gasteiger partial charge in [0.15, 0.2) is 0 Å². The average molecular weight is 293 g/mol. The molecule has 0 aliphatic carbocycles. The Morgan fingerprint density at radius 1 is 1.05 bits per heavy atom. The van der Waals surface area contributed by atoms with Gasteiger partial charge >= 0.3 is 5.97 Å². The molecule has 0 aliphatic heterocycles. The summed E-state index contributed by atoms with van der Waals surface area (Å²) < 4.78 is 10.4. The molecule has 0 radical (unpaired) electrons. The lowest BCUT2D eigenvalue weighted by atomic mass is 10.0. The molecule has 0 spiro atoms. The Morgan fingerprint density at radius 3 is 2.35 bits per heavy atom. The van der Waals surface area contributed by atoms with Gasteiger partial charge in [-0.1, -0.05) is 17.7 Å². The third kappa shape index (κ3) is 2.70. The smallest absolute Gasteiger partial charge is 0.339 e. The summed E-state index contributed by atoms with van der Waals surface area (Å²) >= 11 is 5.93. The van der Waals surface area contributed by atoms with Crippen molar-refractivity contribution in [2.75, 3.05) is 14.2 Å². The largest absolute Gasteiger partial charge is 0.496 e. The second kappa shape index (κ2) is 5.84. The zero-order chi connectivity index (χ0) is 14.7. The summed E-state index contributed by atoms with van der Waals surface area (Å²) in [6.45, 7) is 0. The number of aromatic carboxylic acids is 1. The van der Waals surface area contributed by atoms with Gasteiger partial charge in [0.25, 0.3) is 0 Å². The van der Waals surface area contributed by atoms with E-state index in [1.807, 2.05) is 6.07 Å². The maximum Gasteiger partial charge on any atom is 0.339 e. The Kier molecular flexibility index (Phi) is 4.15. The van der Waals surface area contributed by atoms with E-state index < -0.39 is 5.97 Å². The number of methoxy groups -OCH3 is 2. The maximum absolute atomic E-state index is 11.1. The van der Waals surface area contributed by atoms with E-state index in [-0.39, 0.29) is 5.56 Å². The molecule has 0 heterocycles. The number of carbonyl (C=O) groups is 1. The summed E-state index contributed by atoms with van der Waals surface area (Å²) in [5, 5.41) is 9.64. The monoisotopic (exact) mass is 292 g/mol. The average Bonchev–Trinajstić information content (AvgIpc) is 2.46. The van der Waals surface area contributed by atoms with Crippen LogP contribution in [0.15, 0.2) is 36.4 Å². The van der Waals surface area contributed by atoms with Crippen molar-refractivity contribution in [1.29, 1.82) is 0 Å². The van der Waals surface area contributed by atoms with Gasteiger partial charge in [0.05, 0.1) is 14.2 Å². The molecule has 5 heteroatoms. The molecule has 2 aromatic rings. The van der Waals surface area contributed by atoms with Crippen LogP contribution < -0.4 is 9.47 Å². The van der Waals surface area contributed by atoms with Crippen LogP contribution in [0.2, 0.25) is 5.02 Å². The van der Waals surface area contributed by atoms with Crippen molar-refractivity contribution in [2.24, 2.45) is 0 Å². The standard InChI is InChI=1S/C15H13ClO4/c1-19-13-7-9(3-5-12(13)15(17)18)11-6-4-10(16)8-14(11)20-2/h3-8H,1-2H3,(H,17,18). The van der Waals surface area contributed by atoms with E-state index in [0.717, 1.165) is 11.1 Å². The SMILES string of the molecule is COc1cc(-c2ccc(Cl)cc2OC)ccc1C(=O)O. The van der Waals surface area contributed by atoms with Gasteiger partial charge in [0.1, 0.15) is 17.1 Å². The molecular formula is C15H13ClO4. The third-order valence-corrected chi connectivity index (χ3v) is 3.14. The predicted molar refractivity (Wildman–Crippen MR) is 77.0 cm³/mol. The highest BCUT2D eigenvalue weighted by atomic mass is 35.5. The van der Waals surface area contributed by atoms with Gasteiger partial charge in [-0.05, 0) is 35.9 Å². The van der Waals surface area contributed by atoms with Crippen molar-refractivity contribution in [2.45, 2.75) is 0 Å². The minimum Gasteiger partial charge on any atom is -0.496 e. The van der Waals surface area contributed by atoms with Crippen LogP contribution in [-0.4, -0.2) is 25.3 Å². The summed E-state index contributed by atoms with van der Waals surface area (Å²) in [6, 6.07) is 10.1. The molecule has 0 amide bonds. The number of hydrogen-bond donors (Lipinski definition) is 1. The minimum absolute atomic E-state index is 0.115. The van der Waals surface area contributed by atoms with Gasteiger partial charge < -0.3 is 14.6 Å². The highest BCUT2D eigenvalue weighted by Crippen LogP contribution is 2.35. The topological polar surface area (TPSA) is 55.8 Å². The van der Waals surface area contributed by atoms with E-state index in [0.29, 0.717) is 16.5 Å². The Balaban J connectivity index is 2.56. The van der Waals surface area contributed by atoms with E-state index in [1.54, 1.807) is 31.4 Å². The van der Waals surface area contributed by atoms with Gasteiger partial charge in [0.2, 0.25) is 0 Å². The molecule has 0 saturated heterocycles. The van der Waals surface area contributed by atoms with Crippen LogP contribution >= 0.6 is 11.6 Å². The Morgan fingerprint density at radius 2 is 1.75 bits per heavy atom. The molecule has 0 atom stereocenters. The van der Waals surface area contributed by atoms with E-state index in [1.165, 1.54) is 13.2 Å². The van der Waals surface area contributed by atoms with E-state index in [4.69, 9.17) is 26.2 Å². The number of carboxylic acids is 1. The molecule has 1 N–H and O–H groups in total. The second-order valence-electron chi connectivity index (χ2n) is 4.06. The molecule has 2 aromatic carbocycles. The van der Waals surface area contributed by atoms with Crippen LogP contribution in [0.5, 0.6) is 11.5 Å². The summed E-state index contributed by atoms with van der Waals surface area (Å²) in [4.78, 5) is 11.1. The fourth-order valence-corrected chi connectivity index (χ4v) is 2.10. The number of rotatable bonds is 4. The van der Waals surface area contributed by atoms with Crippen molar-refractivity contribution in [3.8, 4) is 22.6 Å². The molecule has 0 unspecified atom stereocenters. The number of halogens is 1. The number of benzene rings is 2. The lowest BCUT2D eigenvalue weighted by Crippen LogP contribution is -2.00. The Bertz CT molecular complexity index is 652. The van der Waals surface area contributed by atoms with Crippen molar-refractivity contribution >= 4 is 17.6 Å². The molecule has 0 saturated carbocycles. The molecule has 0 fully saturated rings. The van der Waals surface area contributed by atoms with Gasteiger partial charge in [-0.15, -0.1) is 0 Å². The third-order valence-electron chi connectivity index (χ3n) is 2.91. The quantitative estimate of drug-likeness (QED) is 0.933. The van der Waals surface area contributed by atoms with E-state index in [9.17, 15) is 4.79 Å². The molecule has 20 heavy (non-hydrogen) atoms. The number of hydrogen-bond acceptors (Lipinski definition) is 3. The number of carboxylic acid groups (broad SMARTS) is 1. The van der Waals surface area contributed by atoms with Crippen LogP contribution in [0.3, 0.4) is 0 Å². The Labute approximate surface area is 121 Å². The van der Waals surface area contributed by atoms with Gasteiger partial charge in [-0.25, -0.2) is 4.79 Å². The lowest BCUT2D eigenvalue weighted by molar-refractivity contribution is 0.0693. The van der Waals surface area contributed by atoms with Crippen LogP contribution in [0, 0.1) is 0 Å². The molecule has 104 valence electrons. The molecule has 0 bridgehead atoms. The fourth-order valence-electron chi connectivity index (χ4n) is 1.94. The van der Waals surface area contributed by atoms with Crippen molar-refractivity contribution < 1.29 is 19.4 Å².